The van der Waals surface area contributed by atoms with Crippen molar-refractivity contribution in [3.63, 3.8) is 0 Å². The predicted molar refractivity (Wildman–Crippen MR) is 75.2 cm³/mol. The number of halogens is 2. The molecule has 0 radical (unpaired) electrons. The monoisotopic (exact) mass is 294 g/mol. The van der Waals surface area contributed by atoms with E-state index in [2.05, 4.69) is 5.16 Å². The number of oxime groups is 1. The van der Waals surface area contributed by atoms with E-state index in [0.717, 1.165) is 0 Å². The number of nitrogens with zero attached hydrogens (tertiary/aromatic N) is 1. The summed E-state index contributed by atoms with van der Waals surface area (Å²) in [5.41, 5.74) is 6.33. The number of hydrogen-bond donors (Lipinski definition) is 2. The smallest absolute Gasteiger partial charge is 0.175 e. The Kier molecular flexibility index (Phi) is 4.10. The summed E-state index contributed by atoms with van der Waals surface area (Å²) < 4.78 is 19.0. The maximum atomic E-state index is 13.5. The van der Waals surface area contributed by atoms with Crippen LogP contribution in [0.15, 0.2) is 41.6 Å². The van der Waals surface area contributed by atoms with Crippen LogP contribution in [0.3, 0.4) is 0 Å². The normalized spacial score (nSPS) is 11.4. The van der Waals surface area contributed by atoms with Gasteiger partial charge in [0.25, 0.3) is 0 Å². The molecule has 0 aliphatic carbocycles. The van der Waals surface area contributed by atoms with E-state index in [1.165, 1.54) is 6.07 Å². The fourth-order valence-corrected chi connectivity index (χ4v) is 1.91. The van der Waals surface area contributed by atoms with Crippen molar-refractivity contribution in [2.24, 2.45) is 10.9 Å². The Labute approximate surface area is 120 Å². The van der Waals surface area contributed by atoms with Crippen molar-refractivity contribution in [3.8, 4) is 11.5 Å². The van der Waals surface area contributed by atoms with Crippen LogP contribution in [0, 0.1) is 12.7 Å². The van der Waals surface area contributed by atoms with Crippen LogP contribution >= 0.6 is 11.6 Å². The van der Waals surface area contributed by atoms with Crippen LogP contribution < -0.4 is 10.5 Å². The van der Waals surface area contributed by atoms with Gasteiger partial charge in [0, 0.05) is 6.07 Å². The number of ether oxygens (including phenoxy) is 1. The molecule has 0 saturated heterocycles. The molecule has 2 aromatic carbocycles. The molecule has 20 heavy (non-hydrogen) atoms. The third kappa shape index (κ3) is 2.83. The highest BCUT2D eigenvalue weighted by Gasteiger charge is 2.14. The Morgan fingerprint density at radius 3 is 2.75 bits per heavy atom. The topological polar surface area (TPSA) is 67.8 Å². The molecule has 2 rings (SSSR count). The van der Waals surface area contributed by atoms with Crippen LogP contribution in [0.25, 0.3) is 0 Å². The highest BCUT2D eigenvalue weighted by Crippen LogP contribution is 2.30. The first-order valence-electron chi connectivity index (χ1n) is 5.73. The lowest BCUT2D eigenvalue weighted by atomic mass is 10.2. The average molecular weight is 295 g/mol. The van der Waals surface area contributed by atoms with Gasteiger partial charge in [-0.25, -0.2) is 4.39 Å². The fraction of sp³-hybridized carbons (Fsp3) is 0.0714. The van der Waals surface area contributed by atoms with Crippen LogP contribution in [0.1, 0.15) is 11.1 Å². The van der Waals surface area contributed by atoms with Gasteiger partial charge in [-0.05, 0) is 30.7 Å². The largest absolute Gasteiger partial charge is 0.456 e. The van der Waals surface area contributed by atoms with Crippen LogP contribution in [-0.4, -0.2) is 11.0 Å². The predicted octanol–water partition coefficient (Wildman–Crippen LogP) is 3.67. The van der Waals surface area contributed by atoms with Gasteiger partial charge in [0.05, 0.1) is 10.6 Å². The minimum Gasteiger partial charge on any atom is -0.456 e. The van der Waals surface area contributed by atoms with Crippen molar-refractivity contribution in [1.29, 1.82) is 0 Å². The maximum Gasteiger partial charge on any atom is 0.175 e. The average Bonchev–Trinajstić information content (AvgIpc) is 2.42. The molecule has 0 unspecified atom stereocenters. The molecule has 0 bridgehead atoms. The third-order valence-electron chi connectivity index (χ3n) is 2.71. The van der Waals surface area contributed by atoms with E-state index < -0.39 is 0 Å². The first kappa shape index (κ1) is 14.1. The van der Waals surface area contributed by atoms with Crippen LogP contribution in [0.4, 0.5) is 4.39 Å². The van der Waals surface area contributed by atoms with E-state index in [0.29, 0.717) is 11.3 Å². The van der Waals surface area contributed by atoms with E-state index >= 15 is 0 Å². The van der Waals surface area contributed by atoms with Crippen LogP contribution in [0.5, 0.6) is 11.5 Å². The quantitative estimate of drug-likeness (QED) is 0.393. The van der Waals surface area contributed by atoms with Gasteiger partial charge in [0.2, 0.25) is 0 Å². The Morgan fingerprint density at radius 1 is 1.35 bits per heavy atom. The molecule has 0 spiro atoms. The van der Waals surface area contributed by atoms with Gasteiger partial charge in [-0.3, -0.25) is 0 Å². The van der Waals surface area contributed by atoms with Gasteiger partial charge in [0.15, 0.2) is 5.84 Å². The summed E-state index contributed by atoms with van der Waals surface area (Å²) in [5.74, 6) is 0.00599. The summed E-state index contributed by atoms with van der Waals surface area (Å²) in [4.78, 5) is 0. The van der Waals surface area contributed by atoms with E-state index in [-0.39, 0.29) is 28.0 Å². The van der Waals surface area contributed by atoms with Crippen molar-refractivity contribution in [2.75, 3.05) is 0 Å². The summed E-state index contributed by atoms with van der Waals surface area (Å²) in [6.45, 7) is 1.65. The second-order valence-electron chi connectivity index (χ2n) is 4.11. The lowest BCUT2D eigenvalue weighted by Gasteiger charge is -2.12. The highest BCUT2D eigenvalue weighted by molar-refractivity contribution is 6.34. The Morgan fingerprint density at radius 2 is 2.10 bits per heavy atom. The lowest BCUT2D eigenvalue weighted by Crippen LogP contribution is -2.14. The molecular weight excluding hydrogens is 283 g/mol. The Balaban J connectivity index is 2.43. The molecule has 0 saturated carbocycles. The van der Waals surface area contributed by atoms with Gasteiger partial charge >= 0.3 is 0 Å². The standard InChI is InChI=1S/C14H12ClFN2O2/c1-8-5-6-9(7-11(8)16)20-12-4-2-3-10(15)13(12)14(17)18-19/h2-7,19H,1H3,(H2,17,18). The zero-order valence-corrected chi connectivity index (χ0v) is 11.4. The Bertz CT molecular complexity index is 674. The number of benzene rings is 2. The molecule has 4 nitrogen and oxygen atoms in total. The third-order valence-corrected chi connectivity index (χ3v) is 3.03. The minimum absolute atomic E-state index is 0.182. The molecule has 0 fully saturated rings. The second kappa shape index (κ2) is 5.79. The SMILES string of the molecule is Cc1ccc(Oc2cccc(Cl)c2/C(N)=N/O)cc1F. The summed E-state index contributed by atoms with van der Waals surface area (Å²) in [6.07, 6.45) is 0. The molecule has 0 heterocycles. The zero-order chi connectivity index (χ0) is 14.7. The molecule has 6 heteroatoms. The number of amidine groups is 1. The van der Waals surface area contributed by atoms with Crippen molar-refractivity contribution >= 4 is 17.4 Å². The van der Waals surface area contributed by atoms with Crippen molar-refractivity contribution < 1.29 is 14.3 Å². The first-order valence-corrected chi connectivity index (χ1v) is 6.11. The summed E-state index contributed by atoms with van der Waals surface area (Å²) in [6, 6.07) is 9.30. The molecular formula is C14H12ClFN2O2. The number of hydrogen-bond acceptors (Lipinski definition) is 3. The van der Waals surface area contributed by atoms with Gasteiger partial charge in [0.1, 0.15) is 17.3 Å². The molecule has 3 N–H and O–H groups in total. The summed E-state index contributed by atoms with van der Waals surface area (Å²) >= 11 is 6.00. The maximum absolute atomic E-state index is 13.5. The van der Waals surface area contributed by atoms with Crippen molar-refractivity contribution in [3.05, 3.63) is 58.4 Å². The Hall–Kier alpha value is -2.27. The van der Waals surface area contributed by atoms with E-state index in [1.54, 1.807) is 37.3 Å². The van der Waals surface area contributed by atoms with Gasteiger partial charge in [-0.2, -0.15) is 0 Å². The number of aryl methyl sites for hydroxylation is 1. The molecule has 0 aromatic heterocycles. The van der Waals surface area contributed by atoms with E-state index in [9.17, 15) is 4.39 Å². The van der Waals surface area contributed by atoms with E-state index in [1.807, 2.05) is 0 Å². The number of rotatable bonds is 3. The van der Waals surface area contributed by atoms with E-state index in [4.69, 9.17) is 27.3 Å². The first-order chi connectivity index (χ1) is 9.52. The van der Waals surface area contributed by atoms with Gasteiger partial charge in [-0.1, -0.05) is 28.9 Å². The lowest BCUT2D eigenvalue weighted by molar-refractivity contribution is 0.318. The number of nitrogens with two attached hydrogens (primary N) is 1. The highest BCUT2D eigenvalue weighted by atomic mass is 35.5. The zero-order valence-electron chi connectivity index (χ0n) is 10.6. The summed E-state index contributed by atoms with van der Waals surface area (Å²) in [5, 5.41) is 12.0. The van der Waals surface area contributed by atoms with Crippen LogP contribution in [0.2, 0.25) is 5.02 Å². The fourth-order valence-electron chi connectivity index (χ4n) is 1.65. The summed E-state index contributed by atoms with van der Waals surface area (Å²) in [7, 11) is 0. The second-order valence-corrected chi connectivity index (χ2v) is 4.52. The molecule has 0 amide bonds. The van der Waals surface area contributed by atoms with Crippen molar-refractivity contribution in [2.45, 2.75) is 6.92 Å². The molecule has 104 valence electrons. The van der Waals surface area contributed by atoms with Crippen molar-refractivity contribution in [1.82, 2.24) is 0 Å². The molecule has 0 aliphatic rings. The molecule has 2 aromatic rings. The molecule has 0 aliphatic heterocycles. The molecule has 0 atom stereocenters. The van der Waals surface area contributed by atoms with Crippen LogP contribution in [-0.2, 0) is 0 Å². The minimum atomic E-state index is -0.380. The van der Waals surface area contributed by atoms with Gasteiger partial charge in [-0.15, -0.1) is 0 Å². The van der Waals surface area contributed by atoms with Gasteiger partial charge < -0.3 is 15.7 Å².